The Morgan fingerprint density at radius 3 is 2.33 bits per heavy atom. The van der Waals surface area contributed by atoms with Gasteiger partial charge in [0.1, 0.15) is 24.0 Å². The Labute approximate surface area is 203 Å². The Kier molecular flexibility index (Phi) is 7.91. The molecular formula is C23H14Cl3N3O4. The number of hydrogen-bond acceptors (Lipinski definition) is 5. The molecule has 3 rings (SSSR count). The van der Waals surface area contributed by atoms with Crippen LogP contribution in [0.1, 0.15) is 11.1 Å². The van der Waals surface area contributed by atoms with E-state index in [0.29, 0.717) is 26.9 Å². The first-order valence-corrected chi connectivity index (χ1v) is 10.4. The SMILES string of the molecule is N#C/C(=C\c1ccc(OCc2c(Cl)cccc2Cl)cc1)C(=O)Nc1cc([N+](=O)[O-])ccc1Cl. The number of nitro groups is 1. The average Bonchev–Trinajstić information content (AvgIpc) is 2.79. The largest absolute Gasteiger partial charge is 0.489 e. The van der Waals surface area contributed by atoms with Gasteiger partial charge in [0.15, 0.2) is 0 Å². The van der Waals surface area contributed by atoms with Gasteiger partial charge in [-0.15, -0.1) is 0 Å². The third kappa shape index (κ3) is 6.24. The predicted molar refractivity (Wildman–Crippen MR) is 128 cm³/mol. The molecule has 0 saturated carbocycles. The molecule has 0 spiro atoms. The van der Waals surface area contributed by atoms with Crippen molar-refractivity contribution >= 4 is 58.2 Å². The Bertz CT molecular complexity index is 1260. The molecule has 0 aromatic heterocycles. The Balaban J connectivity index is 1.71. The van der Waals surface area contributed by atoms with Gasteiger partial charge in [-0.25, -0.2) is 0 Å². The van der Waals surface area contributed by atoms with Crippen LogP contribution in [-0.2, 0) is 11.4 Å². The van der Waals surface area contributed by atoms with Gasteiger partial charge in [-0.3, -0.25) is 14.9 Å². The quantitative estimate of drug-likeness (QED) is 0.168. The first kappa shape index (κ1) is 24.1. The molecule has 0 aliphatic rings. The second kappa shape index (κ2) is 10.8. The molecule has 0 aliphatic carbocycles. The number of nitro benzene ring substituents is 1. The van der Waals surface area contributed by atoms with Gasteiger partial charge in [0.25, 0.3) is 11.6 Å². The molecule has 0 heterocycles. The Hall–Kier alpha value is -3.57. The summed E-state index contributed by atoms with van der Waals surface area (Å²) in [4.78, 5) is 22.8. The molecule has 0 aliphatic heterocycles. The molecule has 0 atom stereocenters. The topological polar surface area (TPSA) is 105 Å². The van der Waals surface area contributed by atoms with Crippen LogP contribution in [0.4, 0.5) is 11.4 Å². The number of halogens is 3. The van der Waals surface area contributed by atoms with E-state index in [1.165, 1.54) is 18.2 Å². The summed E-state index contributed by atoms with van der Waals surface area (Å²) >= 11 is 18.3. The molecule has 0 radical (unpaired) electrons. The van der Waals surface area contributed by atoms with Crippen LogP contribution >= 0.6 is 34.8 Å². The molecule has 0 fully saturated rings. The van der Waals surface area contributed by atoms with E-state index in [4.69, 9.17) is 39.5 Å². The van der Waals surface area contributed by atoms with Gasteiger partial charge in [-0.05, 0) is 42.0 Å². The van der Waals surface area contributed by atoms with Gasteiger partial charge in [0, 0.05) is 27.7 Å². The first-order chi connectivity index (χ1) is 15.8. The van der Waals surface area contributed by atoms with E-state index in [1.807, 2.05) is 6.07 Å². The fourth-order valence-corrected chi connectivity index (χ4v) is 3.38. The van der Waals surface area contributed by atoms with Crippen molar-refractivity contribution in [3.63, 3.8) is 0 Å². The number of nitrogens with zero attached hydrogens (tertiary/aromatic N) is 2. The van der Waals surface area contributed by atoms with Crippen LogP contribution in [0.15, 0.2) is 66.2 Å². The third-order valence-corrected chi connectivity index (χ3v) is 5.45. The van der Waals surface area contributed by atoms with E-state index in [9.17, 15) is 20.2 Å². The summed E-state index contributed by atoms with van der Waals surface area (Å²) in [6, 6.07) is 17.3. The van der Waals surface area contributed by atoms with Gasteiger partial charge in [0.05, 0.1) is 15.6 Å². The summed E-state index contributed by atoms with van der Waals surface area (Å²) in [6.07, 6.45) is 1.37. The number of rotatable bonds is 7. The number of carbonyl (C=O) groups excluding carboxylic acids is 1. The van der Waals surface area contributed by atoms with Gasteiger partial charge in [-0.1, -0.05) is 53.0 Å². The lowest BCUT2D eigenvalue weighted by Crippen LogP contribution is -2.14. The van der Waals surface area contributed by atoms with Crippen LogP contribution in [-0.4, -0.2) is 10.8 Å². The number of hydrogen-bond donors (Lipinski definition) is 1. The van der Waals surface area contributed by atoms with Crippen LogP contribution in [0.25, 0.3) is 6.08 Å². The van der Waals surface area contributed by atoms with Crippen LogP contribution in [0.5, 0.6) is 5.75 Å². The van der Waals surface area contributed by atoms with Crippen molar-refractivity contribution in [2.45, 2.75) is 6.61 Å². The summed E-state index contributed by atoms with van der Waals surface area (Å²) in [7, 11) is 0. The lowest BCUT2D eigenvalue weighted by atomic mass is 10.1. The van der Waals surface area contributed by atoms with Crippen molar-refractivity contribution in [2.24, 2.45) is 0 Å². The summed E-state index contributed by atoms with van der Waals surface area (Å²) < 4.78 is 5.71. The number of amides is 1. The number of anilines is 1. The first-order valence-electron chi connectivity index (χ1n) is 9.31. The zero-order valence-corrected chi connectivity index (χ0v) is 19.0. The zero-order chi connectivity index (χ0) is 24.0. The van der Waals surface area contributed by atoms with Gasteiger partial charge < -0.3 is 10.1 Å². The third-order valence-electron chi connectivity index (χ3n) is 4.41. The van der Waals surface area contributed by atoms with Crippen LogP contribution in [0.2, 0.25) is 15.1 Å². The van der Waals surface area contributed by atoms with Crippen LogP contribution < -0.4 is 10.1 Å². The van der Waals surface area contributed by atoms with Crippen molar-refractivity contribution in [1.29, 1.82) is 5.26 Å². The van der Waals surface area contributed by atoms with E-state index in [-0.39, 0.29) is 28.6 Å². The van der Waals surface area contributed by atoms with Crippen molar-refractivity contribution < 1.29 is 14.5 Å². The maximum atomic E-state index is 12.5. The molecule has 0 saturated heterocycles. The normalized spacial score (nSPS) is 10.9. The van der Waals surface area contributed by atoms with Crippen molar-refractivity contribution in [3.8, 4) is 11.8 Å². The molecule has 0 bridgehead atoms. The standard InChI is InChI=1S/C23H14Cl3N3O4/c24-19-2-1-3-20(25)18(19)13-33-17-7-4-14(5-8-17)10-15(12-27)23(30)28-22-11-16(29(31)32)6-9-21(22)26/h1-11H,13H2,(H,28,30)/b15-10+. The Morgan fingerprint density at radius 2 is 1.73 bits per heavy atom. The van der Waals surface area contributed by atoms with Crippen molar-refractivity contribution in [1.82, 2.24) is 0 Å². The minimum Gasteiger partial charge on any atom is -0.489 e. The maximum Gasteiger partial charge on any atom is 0.271 e. The van der Waals surface area contributed by atoms with Crippen LogP contribution in [0, 0.1) is 21.4 Å². The molecule has 166 valence electrons. The average molecular weight is 503 g/mol. The van der Waals surface area contributed by atoms with Crippen molar-refractivity contribution in [2.75, 3.05) is 5.32 Å². The number of nitriles is 1. The zero-order valence-electron chi connectivity index (χ0n) is 16.7. The van der Waals surface area contributed by atoms with Gasteiger partial charge in [-0.2, -0.15) is 5.26 Å². The number of benzene rings is 3. The minimum absolute atomic E-state index is 0.0269. The fraction of sp³-hybridized carbons (Fsp3) is 0.0435. The highest BCUT2D eigenvalue weighted by Crippen LogP contribution is 2.28. The number of non-ortho nitro benzene ring substituents is 1. The number of carbonyl (C=O) groups is 1. The highest BCUT2D eigenvalue weighted by Gasteiger charge is 2.15. The Morgan fingerprint density at radius 1 is 1.06 bits per heavy atom. The summed E-state index contributed by atoms with van der Waals surface area (Å²) in [5.41, 5.74) is 0.793. The van der Waals surface area contributed by atoms with Gasteiger partial charge >= 0.3 is 0 Å². The smallest absolute Gasteiger partial charge is 0.271 e. The van der Waals surface area contributed by atoms with E-state index >= 15 is 0 Å². The second-order valence-electron chi connectivity index (χ2n) is 6.60. The number of ether oxygens (including phenoxy) is 1. The van der Waals surface area contributed by atoms with E-state index in [1.54, 1.807) is 42.5 Å². The van der Waals surface area contributed by atoms with Crippen LogP contribution in [0.3, 0.4) is 0 Å². The molecule has 33 heavy (non-hydrogen) atoms. The molecule has 3 aromatic rings. The fourth-order valence-electron chi connectivity index (χ4n) is 2.71. The van der Waals surface area contributed by atoms with Crippen molar-refractivity contribution in [3.05, 3.63) is 103 Å². The highest BCUT2D eigenvalue weighted by molar-refractivity contribution is 6.36. The minimum atomic E-state index is -0.756. The molecule has 10 heteroatoms. The van der Waals surface area contributed by atoms with Gasteiger partial charge in [0.2, 0.25) is 0 Å². The molecule has 7 nitrogen and oxygen atoms in total. The second-order valence-corrected chi connectivity index (χ2v) is 7.82. The summed E-state index contributed by atoms with van der Waals surface area (Å²) in [5, 5.41) is 23.8. The summed E-state index contributed by atoms with van der Waals surface area (Å²) in [6.45, 7) is 0.170. The lowest BCUT2D eigenvalue weighted by molar-refractivity contribution is -0.384. The monoisotopic (exact) mass is 501 g/mol. The number of nitrogens with one attached hydrogen (secondary N) is 1. The molecule has 1 N–H and O–H groups in total. The molecule has 0 unspecified atom stereocenters. The highest BCUT2D eigenvalue weighted by atomic mass is 35.5. The molecule has 1 amide bonds. The lowest BCUT2D eigenvalue weighted by Gasteiger charge is -2.10. The van der Waals surface area contributed by atoms with E-state index in [0.717, 1.165) is 6.07 Å². The van der Waals surface area contributed by atoms with E-state index < -0.39 is 10.8 Å². The maximum absolute atomic E-state index is 12.5. The summed E-state index contributed by atoms with van der Waals surface area (Å²) in [5.74, 6) is -0.219. The molecular weight excluding hydrogens is 489 g/mol. The van der Waals surface area contributed by atoms with E-state index in [2.05, 4.69) is 5.32 Å². The molecule has 3 aromatic carbocycles. The predicted octanol–water partition coefficient (Wildman–Crippen LogP) is 6.68.